The molecule has 0 saturated heterocycles. The molecule has 21 heavy (non-hydrogen) atoms. The summed E-state index contributed by atoms with van der Waals surface area (Å²) in [6, 6.07) is 0. The van der Waals surface area contributed by atoms with Crippen LogP contribution in [-0.2, 0) is 32.7 Å². The van der Waals surface area contributed by atoms with Crippen LogP contribution in [0.15, 0.2) is 24.4 Å². The largest absolute Gasteiger partial charge is 3.00 e. The third kappa shape index (κ3) is 22.4. The van der Waals surface area contributed by atoms with Crippen molar-refractivity contribution in [2.75, 3.05) is 14.1 Å². The van der Waals surface area contributed by atoms with Crippen LogP contribution < -0.4 is 5.73 Å². The third-order valence-corrected chi connectivity index (χ3v) is 2.89. The fourth-order valence-electron chi connectivity index (χ4n) is 1.95. The summed E-state index contributed by atoms with van der Waals surface area (Å²) < 4.78 is 0. The van der Waals surface area contributed by atoms with Crippen LogP contribution in [0.25, 0.3) is 10.7 Å². The van der Waals surface area contributed by atoms with Crippen molar-refractivity contribution in [3.8, 4) is 0 Å². The van der Waals surface area contributed by atoms with Gasteiger partial charge in [-0.3, -0.25) is 0 Å². The Balaban J connectivity index is -0.000000108. The third-order valence-electron chi connectivity index (χ3n) is 2.89. The van der Waals surface area contributed by atoms with E-state index in [1.807, 2.05) is 0 Å². The van der Waals surface area contributed by atoms with Crippen LogP contribution in [0.3, 0.4) is 0 Å². The molecule has 1 aliphatic carbocycles. The molecule has 1 fully saturated rings. The first-order valence-corrected chi connectivity index (χ1v) is 7.12. The van der Waals surface area contributed by atoms with Crippen molar-refractivity contribution < 1.29 is 32.7 Å². The number of nitrogens with two attached hydrogens (primary N) is 1. The van der Waals surface area contributed by atoms with Gasteiger partial charge in [0, 0.05) is 5.70 Å². The van der Waals surface area contributed by atoms with Crippen LogP contribution in [-0.4, -0.2) is 19.8 Å². The summed E-state index contributed by atoms with van der Waals surface area (Å²) in [6.45, 7) is 7.22. The minimum atomic E-state index is 0. The minimum Gasteiger partial charge on any atom is -0.806 e. The van der Waals surface area contributed by atoms with Crippen molar-refractivity contribution in [2.24, 2.45) is 11.7 Å². The summed E-state index contributed by atoms with van der Waals surface area (Å²) in [5, 5.41) is 12.1. The Bertz CT molecular complexity index is 257. The zero-order chi connectivity index (χ0) is 15.1. The molecule has 0 spiro atoms. The van der Waals surface area contributed by atoms with E-state index in [0.717, 1.165) is 5.92 Å². The summed E-state index contributed by atoms with van der Waals surface area (Å²) in [4.78, 5) is 0. The molecule has 0 amide bonds. The quantitative estimate of drug-likeness (QED) is 0.419. The average molecular weight is 369 g/mol. The Hall–Kier alpha value is 0.0139. The van der Waals surface area contributed by atoms with Crippen molar-refractivity contribution in [2.45, 2.75) is 52.4 Å². The summed E-state index contributed by atoms with van der Waals surface area (Å²) in [5.41, 5.74) is 5.72. The molecule has 1 rings (SSSR count). The van der Waals surface area contributed by atoms with Gasteiger partial charge in [-0.2, -0.15) is 19.8 Å². The molecule has 0 radical (unpaired) electrons. The molecule has 0 bridgehead atoms. The van der Waals surface area contributed by atoms with Gasteiger partial charge >= 0.3 is 32.7 Å². The molecule has 0 atom stereocenters. The second kappa shape index (κ2) is 22.3. The first-order valence-electron chi connectivity index (χ1n) is 7.12. The van der Waals surface area contributed by atoms with Gasteiger partial charge in [-0.05, 0) is 12.0 Å². The average Bonchev–Trinajstić information content (AvgIpc) is 2.84. The zero-order valence-corrected chi connectivity index (χ0v) is 17.6. The maximum atomic E-state index is 8.63. The van der Waals surface area contributed by atoms with E-state index in [9.17, 15) is 0 Å². The van der Waals surface area contributed by atoms with E-state index >= 15 is 0 Å². The van der Waals surface area contributed by atoms with Gasteiger partial charge in [0.2, 0.25) is 0 Å². The van der Waals surface area contributed by atoms with Crippen LogP contribution in [0.4, 0.5) is 0 Å². The van der Waals surface area contributed by atoms with Gasteiger partial charge in [0.25, 0.3) is 0 Å². The van der Waals surface area contributed by atoms with Crippen LogP contribution in [0.5, 0.6) is 0 Å². The van der Waals surface area contributed by atoms with Gasteiger partial charge in [0.05, 0.1) is 0 Å². The van der Waals surface area contributed by atoms with E-state index in [1.54, 1.807) is 14.1 Å². The number of nitrogens with zero attached hydrogens (tertiary/aromatic N) is 2. The number of hydrogen-bond acceptors (Lipinski definition) is 1. The molecule has 4 heteroatoms. The molecule has 3 nitrogen and oxygen atoms in total. The summed E-state index contributed by atoms with van der Waals surface area (Å²) in [5.74, 6) is 1.11. The molecule has 1 aliphatic rings. The van der Waals surface area contributed by atoms with E-state index in [-0.39, 0.29) is 45.8 Å². The molecule has 0 aliphatic heterocycles. The van der Waals surface area contributed by atoms with E-state index in [1.165, 1.54) is 57.6 Å². The summed E-state index contributed by atoms with van der Waals surface area (Å²) in [6.07, 6.45) is 12.0. The topological polar surface area (TPSA) is 62.4 Å². The normalized spacial score (nSPS) is 13.4. The Morgan fingerprint density at radius 3 is 2.00 bits per heavy atom. The Morgan fingerprint density at radius 1 is 1.33 bits per heavy atom. The van der Waals surface area contributed by atoms with Crippen LogP contribution in [0.1, 0.15) is 52.4 Å². The van der Waals surface area contributed by atoms with Crippen LogP contribution in [0, 0.1) is 13.3 Å². The van der Waals surface area contributed by atoms with E-state index in [4.69, 9.17) is 11.1 Å². The molecule has 0 heterocycles. The molecular weight excluding hydrogens is 335 g/mol. The van der Waals surface area contributed by atoms with Gasteiger partial charge in [-0.15, -0.1) is 0 Å². The number of allylic oxidation sites excluding steroid dienone is 3. The Morgan fingerprint density at radius 2 is 1.76 bits per heavy atom. The van der Waals surface area contributed by atoms with Crippen LogP contribution in [0.2, 0.25) is 0 Å². The maximum Gasteiger partial charge on any atom is 3.00 e. The van der Waals surface area contributed by atoms with E-state index < -0.39 is 0 Å². The van der Waals surface area contributed by atoms with Crippen molar-refractivity contribution in [1.29, 1.82) is 0 Å². The predicted octanol–water partition coefficient (Wildman–Crippen LogP) is 5.09. The van der Waals surface area contributed by atoms with Gasteiger partial charge in [-0.1, -0.05) is 65.0 Å². The molecule has 0 aromatic carbocycles. The molecule has 0 aromatic rings. The van der Waals surface area contributed by atoms with Crippen molar-refractivity contribution in [1.82, 2.24) is 0 Å². The molecular formula is C17H34N3Y. The Labute approximate surface area is 158 Å². The van der Waals surface area contributed by atoms with Gasteiger partial charge in [0.15, 0.2) is 0 Å². The first kappa shape index (κ1) is 29.1. The Kier molecular flexibility index (Phi) is 30.9. The molecule has 1 saturated carbocycles. The van der Waals surface area contributed by atoms with E-state index in [2.05, 4.69) is 18.8 Å². The first-order chi connectivity index (χ1) is 9.03. The van der Waals surface area contributed by atoms with E-state index in [0.29, 0.717) is 5.70 Å². The van der Waals surface area contributed by atoms with Crippen LogP contribution >= 0.6 is 0 Å². The monoisotopic (exact) mass is 369 g/mol. The molecule has 2 N–H and O–H groups in total. The zero-order valence-electron chi connectivity index (χ0n) is 14.7. The van der Waals surface area contributed by atoms with Crippen molar-refractivity contribution >= 4 is 5.71 Å². The number of rotatable bonds is 4. The van der Waals surface area contributed by atoms with Gasteiger partial charge < -0.3 is 23.9 Å². The standard InChI is InChI=1S/C8H16.C6H9N2.C2H6N.CH3.Y/c1-2-5-8-6-3-4-7-8;1-3-4-6(8)5(2)7;1-3-2;;/h8H,2-7H2,1H3;3-4H,1,8H2,2H3;1-2H3;1H3;/q;3*-1;+3/b;6-4-;;;. The second-order valence-electron chi connectivity index (χ2n) is 4.83. The maximum absolute atomic E-state index is 8.63. The SMILES string of the molecule is C=C/C=C(\N)C(C)=[N-].CCCC1CCCC1.C[N-]C.[CH3-].[Y+3]. The summed E-state index contributed by atoms with van der Waals surface area (Å²) in [7, 11) is 3.50. The van der Waals surface area contributed by atoms with Crippen molar-refractivity contribution in [3.63, 3.8) is 0 Å². The van der Waals surface area contributed by atoms with Gasteiger partial charge in [-0.25, -0.2) is 0 Å². The molecule has 0 aromatic heterocycles. The predicted molar refractivity (Wildman–Crippen MR) is 95.0 cm³/mol. The molecule has 0 unspecified atom stereocenters. The minimum absolute atomic E-state index is 0. The fourth-order valence-corrected chi connectivity index (χ4v) is 1.95. The van der Waals surface area contributed by atoms with Crippen molar-refractivity contribution in [3.05, 3.63) is 42.6 Å². The van der Waals surface area contributed by atoms with Gasteiger partial charge in [0.1, 0.15) is 0 Å². The smallest absolute Gasteiger partial charge is 0.806 e. The second-order valence-corrected chi connectivity index (χ2v) is 4.83. The number of hydrogen-bond donors (Lipinski definition) is 1. The fraction of sp³-hybridized carbons (Fsp3) is 0.647. The molecule has 120 valence electrons. The summed E-state index contributed by atoms with van der Waals surface area (Å²) >= 11 is 0.